The van der Waals surface area contributed by atoms with Crippen molar-refractivity contribution in [2.45, 2.75) is 58.8 Å². The summed E-state index contributed by atoms with van der Waals surface area (Å²) < 4.78 is 0. The molecule has 120 valence electrons. The van der Waals surface area contributed by atoms with Crippen LogP contribution in [0.4, 0.5) is 0 Å². The van der Waals surface area contributed by atoms with Crippen molar-refractivity contribution in [1.82, 2.24) is 0 Å². The first kappa shape index (κ1) is 15.6. The van der Waals surface area contributed by atoms with Crippen molar-refractivity contribution in [1.29, 1.82) is 0 Å². The Morgan fingerprint density at radius 3 is 2.91 bits per heavy atom. The molecule has 1 N–H and O–H groups in total. The van der Waals surface area contributed by atoms with Gasteiger partial charge < -0.3 is 5.11 Å². The molecule has 0 spiro atoms. The van der Waals surface area contributed by atoms with Crippen molar-refractivity contribution in [2.24, 2.45) is 23.2 Å². The van der Waals surface area contributed by atoms with Crippen LogP contribution in [0.3, 0.4) is 0 Å². The van der Waals surface area contributed by atoms with Crippen LogP contribution in [0.1, 0.15) is 57.9 Å². The van der Waals surface area contributed by atoms with E-state index in [9.17, 15) is 5.11 Å². The van der Waals surface area contributed by atoms with Gasteiger partial charge in [0, 0.05) is 0 Å². The molecule has 22 heavy (non-hydrogen) atoms. The van der Waals surface area contributed by atoms with E-state index >= 15 is 0 Å². The first-order chi connectivity index (χ1) is 10.5. The number of aromatic hydroxyl groups is 1. The maximum atomic E-state index is 9.66. The van der Waals surface area contributed by atoms with Gasteiger partial charge in [-0.3, -0.25) is 0 Å². The Labute approximate surface area is 135 Å². The van der Waals surface area contributed by atoms with Gasteiger partial charge in [0.2, 0.25) is 0 Å². The van der Waals surface area contributed by atoms with Crippen LogP contribution < -0.4 is 0 Å². The molecule has 0 radical (unpaired) electrons. The summed E-state index contributed by atoms with van der Waals surface area (Å²) in [5, 5.41) is 9.66. The third kappa shape index (κ3) is 3.56. The van der Waals surface area contributed by atoms with Crippen molar-refractivity contribution in [2.75, 3.05) is 0 Å². The predicted octanol–water partition coefficient (Wildman–Crippen LogP) is 5.73. The number of hydrogen-bond acceptors (Lipinski definition) is 1. The summed E-state index contributed by atoms with van der Waals surface area (Å²) in [6.07, 6.45) is 14.1. The summed E-state index contributed by atoms with van der Waals surface area (Å²) in [6, 6.07) is 7.84. The highest BCUT2D eigenvalue weighted by molar-refractivity contribution is 5.27. The highest BCUT2D eigenvalue weighted by Gasteiger charge is 2.37. The van der Waals surface area contributed by atoms with Crippen LogP contribution in [0.25, 0.3) is 0 Å². The molecule has 1 aromatic carbocycles. The molecule has 0 heterocycles. The Balaban J connectivity index is 1.66. The van der Waals surface area contributed by atoms with Gasteiger partial charge in [0.15, 0.2) is 0 Å². The first-order valence-electron chi connectivity index (χ1n) is 9.01. The Kier molecular flexibility index (Phi) is 4.61. The van der Waals surface area contributed by atoms with Crippen LogP contribution in [0.15, 0.2) is 36.4 Å². The number of allylic oxidation sites excluding steroid dienone is 2. The lowest BCUT2D eigenvalue weighted by molar-refractivity contribution is 0.119. The second-order valence-corrected chi connectivity index (χ2v) is 8.06. The molecular weight excluding hydrogens is 268 g/mol. The van der Waals surface area contributed by atoms with E-state index < -0.39 is 0 Å². The normalized spacial score (nSPS) is 35.5. The third-order valence-corrected chi connectivity index (χ3v) is 5.98. The molecule has 1 nitrogen and oxygen atoms in total. The predicted molar refractivity (Wildman–Crippen MR) is 92.9 cm³/mol. The lowest BCUT2D eigenvalue weighted by Crippen LogP contribution is -2.33. The summed E-state index contributed by atoms with van der Waals surface area (Å²) >= 11 is 0. The number of phenols is 1. The van der Waals surface area contributed by atoms with Crippen LogP contribution in [-0.2, 0) is 6.42 Å². The standard InChI is InChI=1S/C21H30O/c1-16-6-5-11-21(2,15-16)19-9-3-7-17(13-19)12-18-8-4-10-20(22)14-18/h4-5,8,10-11,14,16-17,19,22H,3,6-7,9,12-13,15H2,1-2H3/t16-,17+,19-,21+/m1/s1. The molecule has 0 aliphatic heterocycles. The minimum atomic E-state index is 0.404. The molecule has 0 bridgehead atoms. The van der Waals surface area contributed by atoms with E-state index in [1.54, 1.807) is 6.07 Å². The van der Waals surface area contributed by atoms with E-state index in [0.29, 0.717) is 11.2 Å². The quantitative estimate of drug-likeness (QED) is 0.706. The maximum absolute atomic E-state index is 9.66. The van der Waals surface area contributed by atoms with Gasteiger partial charge in [-0.2, -0.15) is 0 Å². The average Bonchev–Trinajstić information content (AvgIpc) is 2.47. The summed E-state index contributed by atoms with van der Waals surface area (Å²) in [6.45, 7) is 4.88. The highest BCUT2D eigenvalue weighted by atomic mass is 16.3. The zero-order chi connectivity index (χ0) is 15.6. The Morgan fingerprint density at radius 2 is 2.14 bits per heavy atom. The van der Waals surface area contributed by atoms with E-state index in [0.717, 1.165) is 24.2 Å². The molecule has 1 heteroatoms. The largest absolute Gasteiger partial charge is 0.508 e. The van der Waals surface area contributed by atoms with E-state index in [2.05, 4.69) is 32.1 Å². The molecule has 2 aliphatic carbocycles. The summed E-state index contributed by atoms with van der Waals surface area (Å²) in [7, 11) is 0. The molecule has 0 aromatic heterocycles. The van der Waals surface area contributed by atoms with Crippen molar-refractivity contribution in [3.05, 3.63) is 42.0 Å². The fourth-order valence-corrected chi connectivity index (χ4v) is 4.87. The summed E-state index contributed by atoms with van der Waals surface area (Å²) in [5.74, 6) is 2.85. The molecule has 0 unspecified atom stereocenters. The smallest absolute Gasteiger partial charge is 0.115 e. The van der Waals surface area contributed by atoms with Crippen molar-refractivity contribution in [3.63, 3.8) is 0 Å². The van der Waals surface area contributed by atoms with Crippen molar-refractivity contribution >= 4 is 0 Å². The Bertz CT molecular complexity index is 532. The fraction of sp³-hybridized carbons (Fsp3) is 0.619. The topological polar surface area (TPSA) is 20.2 Å². The molecule has 1 aromatic rings. The summed E-state index contributed by atoms with van der Waals surface area (Å²) in [4.78, 5) is 0. The van der Waals surface area contributed by atoms with Gasteiger partial charge in [-0.05, 0) is 73.0 Å². The monoisotopic (exact) mass is 298 g/mol. The lowest BCUT2D eigenvalue weighted by Gasteiger charge is -2.43. The second kappa shape index (κ2) is 6.48. The van der Waals surface area contributed by atoms with Crippen LogP contribution in [0.2, 0.25) is 0 Å². The molecule has 4 atom stereocenters. The van der Waals surface area contributed by atoms with Crippen LogP contribution in [0.5, 0.6) is 5.75 Å². The maximum Gasteiger partial charge on any atom is 0.115 e. The van der Waals surface area contributed by atoms with Gasteiger partial charge in [-0.1, -0.05) is 51.0 Å². The Hall–Kier alpha value is -1.24. The number of benzene rings is 1. The van der Waals surface area contributed by atoms with Crippen molar-refractivity contribution < 1.29 is 5.11 Å². The van der Waals surface area contributed by atoms with E-state index in [-0.39, 0.29) is 0 Å². The van der Waals surface area contributed by atoms with E-state index in [1.165, 1.54) is 44.1 Å². The minimum absolute atomic E-state index is 0.404. The van der Waals surface area contributed by atoms with E-state index in [4.69, 9.17) is 0 Å². The lowest BCUT2D eigenvalue weighted by atomic mass is 9.61. The van der Waals surface area contributed by atoms with E-state index in [1.807, 2.05) is 12.1 Å². The Morgan fingerprint density at radius 1 is 1.27 bits per heavy atom. The molecule has 0 amide bonds. The van der Waals surface area contributed by atoms with Crippen LogP contribution in [-0.4, -0.2) is 5.11 Å². The molecular formula is C21H30O. The fourth-order valence-electron chi connectivity index (χ4n) is 4.87. The van der Waals surface area contributed by atoms with Gasteiger partial charge >= 0.3 is 0 Å². The van der Waals surface area contributed by atoms with Gasteiger partial charge in [-0.25, -0.2) is 0 Å². The first-order valence-corrected chi connectivity index (χ1v) is 9.01. The molecule has 0 saturated heterocycles. The zero-order valence-electron chi connectivity index (χ0n) is 14.1. The van der Waals surface area contributed by atoms with Gasteiger partial charge in [0.05, 0.1) is 0 Å². The van der Waals surface area contributed by atoms with Gasteiger partial charge in [0.25, 0.3) is 0 Å². The van der Waals surface area contributed by atoms with Gasteiger partial charge in [0.1, 0.15) is 5.75 Å². The zero-order valence-corrected chi connectivity index (χ0v) is 14.1. The SMILES string of the molecule is C[C@@H]1CC=C[C@](C)([C@@H]2CCC[C@@H](Cc3cccc(O)c3)C2)C1. The molecule has 2 aliphatic rings. The number of hydrogen-bond donors (Lipinski definition) is 1. The average molecular weight is 298 g/mol. The molecule has 3 rings (SSSR count). The minimum Gasteiger partial charge on any atom is -0.508 e. The highest BCUT2D eigenvalue weighted by Crippen LogP contribution is 2.48. The van der Waals surface area contributed by atoms with Crippen LogP contribution >= 0.6 is 0 Å². The van der Waals surface area contributed by atoms with Gasteiger partial charge in [-0.15, -0.1) is 0 Å². The molecule has 1 fully saturated rings. The second-order valence-electron chi connectivity index (χ2n) is 8.06. The molecule has 1 saturated carbocycles. The third-order valence-electron chi connectivity index (χ3n) is 5.98. The number of rotatable bonds is 3. The van der Waals surface area contributed by atoms with Crippen LogP contribution in [0, 0.1) is 23.2 Å². The number of phenolic OH excluding ortho intramolecular Hbond substituents is 1. The summed E-state index contributed by atoms with van der Waals surface area (Å²) in [5.41, 5.74) is 1.71. The van der Waals surface area contributed by atoms with Crippen molar-refractivity contribution in [3.8, 4) is 5.75 Å².